The first-order valence-electron chi connectivity index (χ1n) is 8.42. The lowest BCUT2D eigenvalue weighted by Crippen LogP contribution is -2.15. The van der Waals surface area contributed by atoms with Crippen LogP contribution in [0.2, 0.25) is 0 Å². The molecular weight excluding hydrogens is 375 g/mol. The highest BCUT2D eigenvalue weighted by atomic mass is 19.2. The number of phenols is 1. The number of phenolic OH excluding ortho intramolecular Hbond substituents is 1. The minimum absolute atomic E-state index is 0.0850. The van der Waals surface area contributed by atoms with E-state index < -0.39 is 35.1 Å². The summed E-state index contributed by atoms with van der Waals surface area (Å²) in [6, 6.07) is 4.72. The first-order valence-corrected chi connectivity index (χ1v) is 8.42. The Morgan fingerprint density at radius 3 is 2.43 bits per heavy atom. The first-order chi connectivity index (χ1) is 13.2. The molecule has 0 aliphatic heterocycles. The minimum atomic E-state index is -1.20. The van der Waals surface area contributed by atoms with Gasteiger partial charge >= 0.3 is 5.97 Å². The number of carbonyl (C=O) groups excluding carboxylic acids is 2. The van der Waals surface area contributed by atoms with Gasteiger partial charge in [-0.3, -0.25) is 14.2 Å². The molecule has 0 atom stereocenters. The zero-order valence-electron chi connectivity index (χ0n) is 15.1. The van der Waals surface area contributed by atoms with E-state index in [1.54, 1.807) is 6.92 Å². The smallest absolute Gasteiger partial charge is 0.310 e. The SMILES string of the molecule is CCOC(=O)Cc1c(C)n(C(=O)c2ccc(F)c(F)c2)c2cc(F)c(O)cc12. The molecule has 0 radical (unpaired) electrons. The van der Waals surface area contributed by atoms with Gasteiger partial charge in [0.05, 0.1) is 18.5 Å². The number of benzene rings is 2. The lowest BCUT2D eigenvalue weighted by molar-refractivity contribution is -0.142. The number of halogens is 3. The highest BCUT2D eigenvalue weighted by molar-refractivity contribution is 6.05. The molecule has 0 spiro atoms. The Morgan fingerprint density at radius 2 is 1.79 bits per heavy atom. The molecule has 146 valence electrons. The van der Waals surface area contributed by atoms with Crippen molar-refractivity contribution in [2.45, 2.75) is 20.3 Å². The summed E-state index contributed by atoms with van der Waals surface area (Å²) >= 11 is 0. The van der Waals surface area contributed by atoms with Crippen molar-refractivity contribution in [2.24, 2.45) is 0 Å². The van der Waals surface area contributed by atoms with E-state index in [2.05, 4.69) is 0 Å². The number of nitrogens with zero attached hydrogens (tertiary/aromatic N) is 1. The second-order valence-corrected chi connectivity index (χ2v) is 6.14. The molecule has 2 aromatic carbocycles. The third-order valence-corrected chi connectivity index (χ3v) is 4.40. The van der Waals surface area contributed by atoms with Crippen LogP contribution in [0.25, 0.3) is 10.9 Å². The third-order valence-electron chi connectivity index (χ3n) is 4.40. The van der Waals surface area contributed by atoms with Crippen LogP contribution in [0.4, 0.5) is 13.2 Å². The summed E-state index contributed by atoms with van der Waals surface area (Å²) in [5.41, 5.74) is 0.583. The second-order valence-electron chi connectivity index (χ2n) is 6.14. The summed E-state index contributed by atoms with van der Waals surface area (Å²) < 4.78 is 46.7. The number of carbonyl (C=O) groups is 2. The summed E-state index contributed by atoms with van der Waals surface area (Å²) in [6.07, 6.45) is -0.209. The Labute approximate surface area is 158 Å². The van der Waals surface area contributed by atoms with E-state index >= 15 is 0 Å². The number of fused-ring (bicyclic) bond motifs is 1. The standard InChI is InChI=1S/C20H16F3NO4/c1-3-28-19(26)8-12-10(2)24(17-9-16(23)18(25)7-13(12)17)20(27)11-4-5-14(21)15(22)6-11/h4-7,9,25H,3,8H2,1-2H3. The average Bonchev–Trinajstić information content (AvgIpc) is 2.89. The monoisotopic (exact) mass is 391 g/mol. The van der Waals surface area contributed by atoms with Crippen LogP contribution in [-0.2, 0) is 16.0 Å². The lowest BCUT2D eigenvalue weighted by Gasteiger charge is -2.08. The molecule has 5 nitrogen and oxygen atoms in total. The highest BCUT2D eigenvalue weighted by Crippen LogP contribution is 2.32. The average molecular weight is 391 g/mol. The van der Waals surface area contributed by atoms with Crippen molar-refractivity contribution < 1.29 is 32.6 Å². The Kier molecular flexibility index (Phi) is 5.13. The zero-order chi connectivity index (χ0) is 20.6. The van der Waals surface area contributed by atoms with Gasteiger partial charge < -0.3 is 9.84 Å². The van der Waals surface area contributed by atoms with Crippen LogP contribution >= 0.6 is 0 Å². The van der Waals surface area contributed by atoms with E-state index in [1.807, 2.05) is 0 Å². The quantitative estimate of drug-likeness (QED) is 0.686. The van der Waals surface area contributed by atoms with Gasteiger partial charge in [0, 0.05) is 22.7 Å². The van der Waals surface area contributed by atoms with Crippen molar-refractivity contribution in [1.82, 2.24) is 4.57 Å². The molecule has 1 aromatic heterocycles. The molecule has 0 bridgehead atoms. The largest absolute Gasteiger partial charge is 0.505 e. The van der Waals surface area contributed by atoms with Gasteiger partial charge in [-0.05, 0) is 43.7 Å². The van der Waals surface area contributed by atoms with Crippen LogP contribution in [0.5, 0.6) is 5.75 Å². The number of rotatable bonds is 4. The normalized spacial score (nSPS) is 11.0. The fourth-order valence-electron chi connectivity index (χ4n) is 3.09. The van der Waals surface area contributed by atoms with E-state index in [0.29, 0.717) is 11.3 Å². The van der Waals surface area contributed by atoms with Crippen molar-refractivity contribution in [1.29, 1.82) is 0 Å². The maximum Gasteiger partial charge on any atom is 0.310 e. The maximum absolute atomic E-state index is 14.0. The minimum Gasteiger partial charge on any atom is -0.505 e. The molecule has 3 aromatic rings. The topological polar surface area (TPSA) is 68.5 Å². The van der Waals surface area contributed by atoms with Crippen molar-refractivity contribution in [2.75, 3.05) is 6.61 Å². The molecule has 0 aliphatic rings. The number of esters is 1. The fraction of sp³-hybridized carbons (Fsp3) is 0.200. The predicted octanol–water partition coefficient (Wildman–Crippen LogP) is 3.87. The van der Waals surface area contributed by atoms with Gasteiger partial charge in [0.2, 0.25) is 0 Å². The van der Waals surface area contributed by atoms with E-state index in [-0.39, 0.29) is 29.5 Å². The van der Waals surface area contributed by atoms with Gasteiger partial charge in [-0.15, -0.1) is 0 Å². The highest BCUT2D eigenvalue weighted by Gasteiger charge is 2.24. The molecule has 8 heteroatoms. The van der Waals surface area contributed by atoms with Gasteiger partial charge in [0.15, 0.2) is 23.2 Å². The van der Waals surface area contributed by atoms with Crippen LogP contribution in [0.1, 0.15) is 28.5 Å². The molecule has 0 aliphatic carbocycles. The Bertz CT molecular complexity index is 1100. The lowest BCUT2D eigenvalue weighted by atomic mass is 10.1. The van der Waals surface area contributed by atoms with E-state index in [9.17, 15) is 27.9 Å². The first kappa shape index (κ1) is 19.5. The number of hydrogen-bond acceptors (Lipinski definition) is 4. The van der Waals surface area contributed by atoms with Crippen molar-refractivity contribution in [3.8, 4) is 5.75 Å². The molecule has 28 heavy (non-hydrogen) atoms. The number of hydrogen-bond donors (Lipinski definition) is 1. The predicted molar refractivity (Wildman–Crippen MR) is 94.7 cm³/mol. The van der Waals surface area contributed by atoms with Gasteiger partial charge in [-0.1, -0.05) is 0 Å². The second kappa shape index (κ2) is 7.38. The summed E-state index contributed by atoms with van der Waals surface area (Å²) in [7, 11) is 0. The number of aromatic hydroxyl groups is 1. The molecule has 0 saturated carbocycles. The molecule has 0 saturated heterocycles. The Balaban J connectivity index is 2.22. The molecule has 0 fully saturated rings. The molecule has 0 amide bonds. The zero-order valence-corrected chi connectivity index (χ0v) is 15.1. The Morgan fingerprint density at radius 1 is 1.07 bits per heavy atom. The van der Waals surface area contributed by atoms with Crippen LogP contribution in [0, 0.1) is 24.4 Å². The van der Waals surface area contributed by atoms with Gasteiger partial charge in [-0.25, -0.2) is 13.2 Å². The number of ether oxygens (including phenoxy) is 1. The molecule has 1 N–H and O–H groups in total. The van der Waals surface area contributed by atoms with Crippen LogP contribution in [-0.4, -0.2) is 28.2 Å². The van der Waals surface area contributed by atoms with E-state index in [0.717, 1.165) is 34.9 Å². The molecule has 3 rings (SSSR count). The summed E-state index contributed by atoms with van der Waals surface area (Å²) in [4.78, 5) is 24.9. The van der Waals surface area contributed by atoms with Crippen LogP contribution < -0.4 is 0 Å². The van der Waals surface area contributed by atoms with E-state index in [1.165, 1.54) is 6.92 Å². The molecule has 0 unspecified atom stereocenters. The fourth-order valence-corrected chi connectivity index (χ4v) is 3.09. The van der Waals surface area contributed by atoms with Crippen molar-refractivity contribution >= 4 is 22.8 Å². The van der Waals surface area contributed by atoms with Crippen LogP contribution in [0.15, 0.2) is 30.3 Å². The van der Waals surface area contributed by atoms with Gasteiger partial charge in [0.1, 0.15) is 0 Å². The summed E-state index contributed by atoms with van der Waals surface area (Å²) in [6.45, 7) is 3.33. The molecular formula is C20H16F3NO4. The maximum atomic E-state index is 14.0. The van der Waals surface area contributed by atoms with Gasteiger partial charge in [-0.2, -0.15) is 0 Å². The molecule has 1 heterocycles. The summed E-state index contributed by atoms with van der Waals surface area (Å²) in [5.74, 6) is -5.21. The van der Waals surface area contributed by atoms with Crippen LogP contribution in [0.3, 0.4) is 0 Å². The number of aromatic nitrogens is 1. The third kappa shape index (κ3) is 3.33. The van der Waals surface area contributed by atoms with E-state index in [4.69, 9.17) is 4.74 Å². The van der Waals surface area contributed by atoms with Crippen molar-refractivity contribution in [3.63, 3.8) is 0 Å². The summed E-state index contributed by atoms with van der Waals surface area (Å²) in [5, 5.41) is 10.0. The Hall–Kier alpha value is -3.29. The van der Waals surface area contributed by atoms with Gasteiger partial charge in [0.25, 0.3) is 5.91 Å². The van der Waals surface area contributed by atoms with Crippen molar-refractivity contribution in [3.05, 3.63) is 64.6 Å².